The first-order valence-electron chi connectivity index (χ1n) is 9.77. The molecule has 0 aliphatic carbocycles. The lowest BCUT2D eigenvalue weighted by atomic mass is 9.99. The second-order valence-corrected chi connectivity index (χ2v) is 7.58. The van der Waals surface area contributed by atoms with Gasteiger partial charge in [0.2, 0.25) is 5.95 Å². The Hall–Kier alpha value is -3.88. The van der Waals surface area contributed by atoms with Crippen LogP contribution in [-0.2, 0) is 0 Å². The number of benzene rings is 3. The van der Waals surface area contributed by atoms with E-state index < -0.39 is 0 Å². The molecular formula is C25H20ClN5. The first-order chi connectivity index (χ1) is 15.0. The number of nitrogens with zero attached hydrogens (tertiary/aromatic N) is 3. The summed E-state index contributed by atoms with van der Waals surface area (Å²) >= 11 is 6.38. The Kier molecular flexibility index (Phi) is 5.83. The molecule has 0 fully saturated rings. The van der Waals surface area contributed by atoms with Crippen molar-refractivity contribution in [2.75, 3.05) is 10.6 Å². The van der Waals surface area contributed by atoms with E-state index in [0.717, 1.165) is 38.7 Å². The number of rotatable bonds is 5. The summed E-state index contributed by atoms with van der Waals surface area (Å²) in [5.41, 5.74) is 6.69. The Bertz CT molecular complexity index is 1250. The maximum atomic E-state index is 8.93. The third kappa shape index (κ3) is 4.66. The molecule has 0 saturated heterocycles. The van der Waals surface area contributed by atoms with Crippen LogP contribution in [-0.4, -0.2) is 9.97 Å². The van der Waals surface area contributed by atoms with Crippen LogP contribution in [0.15, 0.2) is 72.9 Å². The number of nitriles is 1. The van der Waals surface area contributed by atoms with Crippen LogP contribution in [0.2, 0.25) is 5.02 Å². The van der Waals surface area contributed by atoms with E-state index >= 15 is 0 Å². The van der Waals surface area contributed by atoms with Crippen molar-refractivity contribution in [1.29, 1.82) is 5.26 Å². The van der Waals surface area contributed by atoms with Crippen molar-refractivity contribution < 1.29 is 0 Å². The van der Waals surface area contributed by atoms with E-state index in [1.54, 1.807) is 18.3 Å². The molecule has 4 aromatic rings. The van der Waals surface area contributed by atoms with Gasteiger partial charge in [0.25, 0.3) is 0 Å². The van der Waals surface area contributed by atoms with E-state index in [0.29, 0.717) is 17.3 Å². The Labute approximate surface area is 186 Å². The zero-order chi connectivity index (χ0) is 21.8. The Morgan fingerprint density at radius 3 is 2.29 bits per heavy atom. The summed E-state index contributed by atoms with van der Waals surface area (Å²) in [5, 5.41) is 16.2. The van der Waals surface area contributed by atoms with E-state index in [4.69, 9.17) is 16.9 Å². The summed E-state index contributed by atoms with van der Waals surface area (Å²) in [6, 6.07) is 23.2. The maximum absolute atomic E-state index is 8.93. The van der Waals surface area contributed by atoms with Crippen LogP contribution < -0.4 is 10.6 Å². The van der Waals surface area contributed by atoms with Crippen molar-refractivity contribution in [3.8, 4) is 17.2 Å². The number of nitrogens with one attached hydrogen (secondary N) is 2. The molecule has 6 heteroatoms. The molecule has 152 valence electrons. The minimum absolute atomic E-state index is 0.470. The lowest BCUT2D eigenvalue weighted by Crippen LogP contribution is -2.02. The smallest absolute Gasteiger partial charge is 0.229 e. The number of aryl methyl sites for hydroxylation is 2. The van der Waals surface area contributed by atoms with E-state index in [2.05, 4.69) is 52.7 Å². The number of hydrogen-bond donors (Lipinski definition) is 2. The molecule has 0 spiro atoms. The molecule has 3 aromatic carbocycles. The standard InChI is InChI=1S/C25H20ClN5/c1-16-13-19(21-5-3-4-6-22(21)26)14-17(2)24(16)30-23-11-12-28-25(31-23)29-20-9-7-18(15-27)8-10-20/h3-14H,1-2H3,(H2,28,29,30,31). The van der Waals surface area contributed by atoms with Crippen LogP contribution in [0.5, 0.6) is 0 Å². The summed E-state index contributed by atoms with van der Waals surface area (Å²) in [5.74, 6) is 1.15. The fourth-order valence-electron chi connectivity index (χ4n) is 3.39. The normalized spacial score (nSPS) is 10.4. The van der Waals surface area contributed by atoms with Gasteiger partial charge in [0.1, 0.15) is 5.82 Å². The van der Waals surface area contributed by atoms with Gasteiger partial charge in [0.05, 0.1) is 11.6 Å². The first-order valence-corrected chi connectivity index (χ1v) is 10.1. The molecule has 2 N–H and O–H groups in total. The van der Waals surface area contributed by atoms with Crippen LogP contribution in [0.25, 0.3) is 11.1 Å². The molecule has 4 rings (SSSR count). The maximum Gasteiger partial charge on any atom is 0.229 e. The van der Waals surface area contributed by atoms with E-state index in [9.17, 15) is 0 Å². The van der Waals surface area contributed by atoms with Gasteiger partial charge in [-0.2, -0.15) is 10.2 Å². The average molecular weight is 426 g/mol. The SMILES string of the molecule is Cc1cc(-c2ccccc2Cl)cc(C)c1Nc1ccnc(Nc2ccc(C#N)cc2)n1. The van der Waals surface area contributed by atoms with Crippen molar-refractivity contribution >= 4 is 34.7 Å². The number of aromatic nitrogens is 2. The van der Waals surface area contributed by atoms with Gasteiger partial charge in [-0.3, -0.25) is 0 Å². The molecule has 0 aliphatic heterocycles. The molecular weight excluding hydrogens is 406 g/mol. The summed E-state index contributed by atoms with van der Waals surface area (Å²) in [6.45, 7) is 4.12. The number of halogens is 1. The van der Waals surface area contributed by atoms with Gasteiger partial charge in [-0.15, -0.1) is 0 Å². The molecule has 0 aliphatic rings. The van der Waals surface area contributed by atoms with Crippen molar-refractivity contribution in [3.63, 3.8) is 0 Å². The van der Waals surface area contributed by atoms with Gasteiger partial charge in [-0.25, -0.2) is 4.98 Å². The van der Waals surface area contributed by atoms with Crippen molar-refractivity contribution in [2.45, 2.75) is 13.8 Å². The predicted molar refractivity (Wildman–Crippen MR) is 126 cm³/mol. The van der Waals surface area contributed by atoms with Gasteiger partial charge in [0, 0.05) is 28.2 Å². The van der Waals surface area contributed by atoms with Crippen LogP contribution >= 0.6 is 11.6 Å². The molecule has 0 amide bonds. The summed E-state index contributed by atoms with van der Waals surface area (Å²) in [7, 11) is 0. The topological polar surface area (TPSA) is 73.6 Å². The molecule has 0 atom stereocenters. The third-order valence-corrected chi connectivity index (χ3v) is 5.23. The lowest BCUT2D eigenvalue weighted by molar-refractivity contribution is 1.16. The average Bonchev–Trinajstić information content (AvgIpc) is 2.77. The van der Waals surface area contributed by atoms with Gasteiger partial charge < -0.3 is 10.6 Å². The summed E-state index contributed by atoms with van der Waals surface area (Å²) < 4.78 is 0. The highest BCUT2D eigenvalue weighted by Crippen LogP contribution is 2.33. The minimum Gasteiger partial charge on any atom is -0.340 e. The van der Waals surface area contributed by atoms with Crippen molar-refractivity contribution in [3.05, 3.63) is 94.6 Å². The quantitative estimate of drug-likeness (QED) is 0.369. The molecule has 1 heterocycles. The largest absolute Gasteiger partial charge is 0.340 e. The molecule has 31 heavy (non-hydrogen) atoms. The molecule has 0 unspecified atom stereocenters. The van der Waals surface area contributed by atoms with Crippen molar-refractivity contribution in [2.24, 2.45) is 0 Å². The van der Waals surface area contributed by atoms with Gasteiger partial charge in [0.15, 0.2) is 0 Å². The van der Waals surface area contributed by atoms with E-state index in [1.807, 2.05) is 42.5 Å². The second kappa shape index (κ2) is 8.86. The highest BCUT2D eigenvalue weighted by atomic mass is 35.5. The lowest BCUT2D eigenvalue weighted by Gasteiger charge is -2.15. The van der Waals surface area contributed by atoms with Crippen LogP contribution in [0, 0.1) is 25.2 Å². The van der Waals surface area contributed by atoms with Gasteiger partial charge in [-0.1, -0.05) is 29.8 Å². The Balaban J connectivity index is 1.57. The molecule has 0 bridgehead atoms. The van der Waals surface area contributed by atoms with Gasteiger partial charge in [-0.05, 0) is 79.1 Å². The Morgan fingerprint density at radius 2 is 1.61 bits per heavy atom. The van der Waals surface area contributed by atoms with Crippen LogP contribution in [0.1, 0.15) is 16.7 Å². The first kappa shape index (κ1) is 20.4. The molecule has 0 radical (unpaired) electrons. The monoisotopic (exact) mass is 425 g/mol. The van der Waals surface area contributed by atoms with Gasteiger partial charge >= 0.3 is 0 Å². The molecule has 0 saturated carbocycles. The molecule has 5 nitrogen and oxygen atoms in total. The van der Waals surface area contributed by atoms with E-state index in [-0.39, 0.29) is 0 Å². The number of hydrogen-bond acceptors (Lipinski definition) is 5. The minimum atomic E-state index is 0.470. The van der Waals surface area contributed by atoms with Crippen molar-refractivity contribution in [1.82, 2.24) is 9.97 Å². The highest BCUT2D eigenvalue weighted by molar-refractivity contribution is 6.33. The highest BCUT2D eigenvalue weighted by Gasteiger charge is 2.10. The fourth-order valence-corrected chi connectivity index (χ4v) is 3.63. The molecule has 1 aromatic heterocycles. The van der Waals surface area contributed by atoms with Crippen LogP contribution in [0.4, 0.5) is 23.1 Å². The fraction of sp³-hybridized carbons (Fsp3) is 0.0800. The zero-order valence-corrected chi connectivity index (χ0v) is 17.9. The second-order valence-electron chi connectivity index (χ2n) is 7.17. The number of anilines is 4. The predicted octanol–water partition coefficient (Wildman–Crippen LogP) is 6.77. The van der Waals surface area contributed by atoms with Crippen LogP contribution in [0.3, 0.4) is 0 Å². The summed E-state index contributed by atoms with van der Waals surface area (Å²) in [4.78, 5) is 8.85. The zero-order valence-electron chi connectivity index (χ0n) is 17.1. The third-order valence-electron chi connectivity index (χ3n) is 4.90. The van der Waals surface area contributed by atoms with E-state index in [1.165, 1.54) is 0 Å². The summed E-state index contributed by atoms with van der Waals surface area (Å²) in [6.07, 6.45) is 1.70. The Morgan fingerprint density at radius 1 is 0.903 bits per heavy atom.